The molecule has 0 radical (unpaired) electrons. The summed E-state index contributed by atoms with van der Waals surface area (Å²) in [7, 11) is 0. The van der Waals surface area contributed by atoms with Gasteiger partial charge in [0.05, 0.1) is 11.6 Å². The molecule has 1 fully saturated rings. The van der Waals surface area contributed by atoms with Crippen LogP contribution in [-0.4, -0.2) is 11.4 Å². The van der Waals surface area contributed by atoms with Crippen LogP contribution in [0.2, 0.25) is 0 Å². The lowest BCUT2D eigenvalue weighted by molar-refractivity contribution is 0.0923. The summed E-state index contributed by atoms with van der Waals surface area (Å²) in [5.41, 5.74) is 0.0299. The van der Waals surface area contributed by atoms with E-state index in [0.29, 0.717) is 5.56 Å². The van der Waals surface area contributed by atoms with E-state index in [-0.39, 0.29) is 5.91 Å². The van der Waals surface area contributed by atoms with Gasteiger partial charge < -0.3 is 5.32 Å². The predicted molar refractivity (Wildman–Crippen MR) is 76.1 cm³/mol. The molecular weight excluding hydrogens is 256 g/mol. The third kappa shape index (κ3) is 2.11. The predicted octanol–water partition coefficient (Wildman–Crippen LogP) is 3.47. The molecule has 0 unspecified atom stereocenters. The molecule has 1 aliphatic carbocycles. The molecule has 0 bridgehead atoms. The Morgan fingerprint density at radius 3 is 2.79 bits per heavy atom. The quantitative estimate of drug-likeness (QED) is 0.908. The summed E-state index contributed by atoms with van der Waals surface area (Å²) in [6.07, 6.45) is 3.55. The third-order valence-electron chi connectivity index (χ3n) is 3.75. The molecule has 0 atom stereocenters. The van der Waals surface area contributed by atoms with Crippen LogP contribution >= 0.6 is 11.3 Å². The van der Waals surface area contributed by atoms with E-state index < -0.39 is 5.54 Å². The molecule has 0 spiro atoms. The van der Waals surface area contributed by atoms with E-state index in [9.17, 15) is 10.1 Å². The number of benzene rings is 1. The van der Waals surface area contributed by atoms with Crippen molar-refractivity contribution in [2.75, 3.05) is 0 Å². The SMILES string of the molecule is N#CC1(NC(=O)c2csc3ccccc23)CCCC1. The van der Waals surface area contributed by atoms with E-state index in [4.69, 9.17) is 0 Å². The largest absolute Gasteiger partial charge is 0.334 e. The van der Waals surface area contributed by atoms with Crippen LogP contribution in [0.25, 0.3) is 10.1 Å². The first-order valence-corrected chi connectivity index (χ1v) is 7.32. The topological polar surface area (TPSA) is 52.9 Å². The van der Waals surface area contributed by atoms with Crippen LogP contribution in [0.1, 0.15) is 36.0 Å². The van der Waals surface area contributed by atoms with Gasteiger partial charge in [0.15, 0.2) is 0 Å². The number of hydrogen-bond acceptors (Lipinski definition) is 3. The van der Waals surface area contributed by atoms with Gasteiger partial charge in [-0.1, -0.05) is 18.2 Å². The van der Waals surface area contributed by atoms with E-state index in [0.717, 1.165) is 35.8 Å². The van der Waals surface area contributed by atoms with E-state index in [2.05, 4.69) is 11.4 Å². The van der Waals surface area contributed by atoms with E-state index in [1.165, 1.54) is 0 Å². The third-order valence-corrected chi connectivity index (χ3v) is 4.71. The zero-order chi connectivity index (χ0) is 13.3. The maximum atomic E-state index is 12.4. The van der Waals surface area contributed by atoms with Gasteiger partial charge in [0.1, 0.15) is 5.54 Å². The average molecular weight is 270 g/mol. The molecular formula is C15H14N2OS. The Hall–Kier alpha value is -1.86. The molecule has 0 saturated heterocycles. The van der Waals surface area contributed by atoms with Gasteiger partial charge in [0, 0.05) is 15.5 Å². The lowest BCUT2D eigenvalue weighted by Crippen LogP contribution is -2.45. The number of hydrogen-bond donors (Lipinski definition) is 1. The zero-order valence-electron chi connectivity index (χ0n) is 10.5. The van der Waals surface area contributed by atoms with E-state index >= 15 is 0 Å². The molecule has 1 saturated carbocycles. The number of thiophene rings is 1. The molecule has 96 valence electrons. The van der Waals surface area contributed by atoms with E-state index in [1.54, 1.807) is 11.3 Å². The van der Waals surface area contributed by atoms with Crippen molar-refractivity contribution in [3.63, 3.8) is 0 Å². The van der Waals surface area contributed by atoms with Gasteiger partial charge in [-0.25, -0.2) is 0 Å². The number of amides is 1. The molecule has 19 heavy (non-hydrogen) atoms. The Morgan fingerprint density at radius 2 is 2.05 bits per heavy atom. The fraction of sp³-hybridized carbons (Fsp3) is 0.333. The highest BCUT2D eigenvalue weighted by Crippen LogP contribution is 2.31. The summed E-state index contributed by atoms with van der Waals surface area (Å²) < 4.78 is 1.10. The Labute approximate surface area is 115 Å². The molecule has 2 aromatic rings. The van der Waals surface area contributed by atoms with Crippen LogP contribution in [0.3, 0.4) is 0 Å². The van der Waals surface area contributed by atoms with Gasteiger partial charge in [-0.3, -0.25) is 4.79 Å². The first-order valence-electron chi connectivity index (χ1n) is 6.44. The fourth-order valence-electron chi connectivity index (χ4n) is 2.68. The van der Waals surface area contributed by atoms with Gasteiger partial charge >= 0.3 is 0 Å². The van der Waals surface area contributed by atoms with Crippen molar-refractivity contribution in [1.29, 1.82) is 5.26 Å². The van der Waals surface area contributed by atoms with Gasteiger partial charge in [0.2, 0.25) is 0 Å². The monoisotopic (exact) mass is 270 g/mol. The smallest absolute Gasteiger partial charge is 0.254 e. The van der Waals surface area contributed by atoms with Gasteiger partial charge in [-0.2, -0.15) is 5.26 Å². The zero-order valence-corrected chi connectivity index (χ0v) is 11.3. The van der Waals surface area contributed by atoms with Crippen molar-refractivity contribution in [2.24, 2.45) is 0 Å². The first-order chi connectivity index (χ1) is 9.24. The second-order valence-electron chi connectivity index (χ2n) is 5.00. The molecule has 1 aliphatic rings. The summed E-state index contributed by atoms with van der Waals surface area (Å²) in [5, 5.41) is 15.1. The normalized spacial score (nSPS) is 17.2. The second kappa shape index (κ2) is 4.67. The molecule has 3 nitrogen and oxygen atoms in total. The molecule has 1 amide bonds. The number of fused-ring (bicyclic) bond motifs is 1. The highest BCUT2D eigenvalue weighted by atomic mass is 32.1. The van der Waals surface area contributed by atoms with Crippen LogP contribution in [0, 0.1) is 11.3 Å². The number of rotatable bonds is 2. The van der Waals surface area contributed by atoms with Crippen LogP contribution in [0.15, 0.2) is 29.6 Å². The number of nitriles is 1. The molecule has 1 aromatic carbocycles. The maximum Gasteiger partial charge on any atom is 0.254 e. The molecule has 4 heteroatoms. The van der Waals surface area contributed by atoms with Gasteiger partial charge in [-0.15, -0.1) is 11.3 Å². The van der Waals surface area contributed by atoms with Crippen molar-refractivity contribution in [2.45, 2.75) is 31.2 Å². The summed E-state index contributed by atoms with van der Waals surface area (Å²) in [5.74, 6) is -0.124. The van der Waals surface area contributed by atoms with Crippen molar-refractivity contribution in [3.05, 3.63) is 35.2 Å². The minimum absolute atomic E-state index is 0.124. The van der Waals surface area contributed by atoms with Crippen LogP contribution in [0.5, 0.6) is 0 Å². The lowest BCUT2D eigenvalue weighted by Gasteiger charge is -2.21. The average Bonchev–Trinajstić information content (AvgIpc) is 3.05. The fourth-order valence-corrected chi connectivity index (χ4v) is 3.62. The van der Waals surface area contributed by atoms with Crippen LogP contribution in [-0.2, 0) is 0 Å². The Bertz CT molecular complexity index is 662. The number of nitrogens with one attached hydrogen (secondary N) is 1. The molecule has 1 heterocycles. The summed E-state index contributed by atoms with van der Waals surface area (Å²) in [6.45, 7) is 0. The Balaban J connectivity index is 1.90. The molecule has 1 N–H and O–H groups in total. The minimum atomic E-state index is -0.653. The lowest BCUT2D eigenvalue weighted by atomic mass is 9.99. The standard InChI is InChI=1S/C15H14N2OS/c16-10-15(7-3-4-8-15)17-14(18)12-9-19-13-6-2-1-5-11(12)13/h1-2,5-6,9H,3-4,7-8H2,(H,17,18). The number of carbonyl (C=O) groups is 1. The van der Waals surface area contributed by atoms with Crippen molar-refractivity contribution in [3.8, 4) is 6.07 Å². The maximum absolute atomic E-state index is 12.4. The Morgan fingerprint density at radius 1 is 1.32 bits per heavy atom. The number of carbonyl (C=O) groups excluding carboxylic acids is 1. The first kappa shape index (κ1) is 12.2. The van der Waals surface area contributed by atoms with Crippen molar-refractivity contribution >= 4 is 27.3 Å². The van der Waals surface area contributed by atoms with Gasteiger partial charge in [-0.05, 0) is 31.7 Å². The summed E-state index contributed by atoms with van der Waals surface area (Å²) >= 11 is 1.56. The second-order valence-corrected chi connectivity index (χ2v) is 5.91. The molecule has 3 rings (SSSR count). The molecule has 0 aliphatic heterocycles. The van der Waals surface area contributed by atoms with Gasteiger partial charge in [0.25, 0.3) is 5.91 Å². The van der Waals surface area contributed by atoms with Crippen LogP contribution in [0.4, 0.5) is 0 Å². The molecule has 1 aromatic heterocycles. The highest BCUT2D eigenvalue weighted by molar-refractivity contribution is 7.17. The Kier molecular flexibility index (Phi) is 3.00. The minimum Gasteiger partial charge on any atom is -0.334 e. The highest BCUT2D eigenvalue weighted by Gasteiger charge is 2.35. The van der Waals surface area contributed by atoms with E-state index in [1.807, 2.05) is 29.6 Å². The summed E-state index contributed by atoms with van der Waals surface area (Å²) in [4.78, 5) is 12.4. The van der Waals surface area contributed by atoms with Crippen molar-refractivity contribution in [1.82, 2.24) is 5.32 Å². The van der Waals surface area contributed by atoms with Crippen LogP contribution < -0.4 is 5.32 Å². The van der Waals surface area contributed by atoms with Crippen molar-refractivity contribution < 1.29 is 4.79 Å². The number of nitrogens with zero attached hydrogens (tertiary/aromatic N) is 1. The summed E-state index contributed by atoms with van der Waals surface area (Å²) in [6, 6.07) is 10.1.